The molecule has 1 aromatic rings. The van der Waals surface area contributed by atoms with Crippen molar-refractivity contribution in [2.24, 2.45) is 0 Å². The molecule has 0 N–H and O–H groups in total. The van der Waals surface area contributed by atoms with Gasteiger partial charge in [-0.3, -0.25) is 0 Å². The van der Waals surface area contributed by atoms with E-state index in [0.717, 1.165) is 4.31 Å². The van der Waals surface area contributed by atoms with Crippen LogP contribution in [0.25, 0.3) is 0 Å². The zero-order chi connectivity index (χ0) is 10.3. The molecule has 0 aliphatic carbocycles. The van der Waals surface area contributed by atoms with Crippen molar-refractivity contribution in [1.29, 1.82) is 0 Å². The largest absolute Gasteiger partial charge is 0.401 e. The number of rotatable bonds is 1. The first-order valence-corrected chi connectivity index (χ1v) is 5.36. The Morgan fingerprint density at radius 3 is 2.43 bits per heavy atom. The average Bonchev–Trinajstić information content (AvgIpc) is 2.44. The van der Waals surface area contributed by atoms with Crippen LogP contribution in [0.3, 0.4) is 0 Å². The van der Waals surface area contributed by atoms with Crippen LogP contribution in [0, 0.1) is 0 Å². The van der Waals surface area contributed by atoms with Gasteiger partial charge in [-0.15, -0.1) is 0 Å². The van der Waals surface area contributed by atoms with Crippen LogP contribution in [0.5, 0.6) is 0 Å². The molecule has 0 fully saturated rings. The van der Waals surface area contributed by atoms with Crippen LogP contribution in [-0.2, 0) is 10.4 Å². The first kappa shape index (κ1) is 9.26. The van der Waals surface area contributed by atoms with Crippen LogP contribution in [0.1, 0.15) is 0 Å². The molecular formula is C8H9FN2O2S. The SMILES string of the molecule is CN1CN(S(=O)(=O)F)c2ccccc21. The zero-order valence-electron chi connectivity index (χ0n) is 7.51. The summed E-state index contributed by atoms with van der Waals surface area (Å²) in [4.78, 5) is 1.67. The Bertz CT molecular complexity index is 460. The van der Waals surface area contributed by atoms with Crippen molar-refractivity contribution in [3.63, 3.8) is 0 Å². The standard InChI is InChI=1S/C8H9FN2O2S/c1-10-6-11(14(9,12)13)8-5-3-2-4-7(8)10/h2-5H,6H2,1H3. The highest BCUT2D eigenvalue weighted by Crippen LogP contribution is 2.36. The molecule has 0 spiro atoms. The molecule has 0 saturated heterocycles. The number of anilines is 2. The molecule has 0 saturated carbocycles. The summed E-state index contributed by atoms with van der Waals surface area (Å²) < 4.78 is 35.1. The summed E-state index contributed by atoms with van der Waals surface area (Å²) in [5, 5.41) is 0. The van der Waals surface area contributed by atoms with Crippen LogP contribution >= 0.6 is 0 Å². The van der Waals surface area contributed by atoms with Gasteiger partial charge < -0.3 is 4.90 Å². The molecule has 14 heavy (non-hydrogen) atoms. The van der Waals surface area contributed by atoms with Gasteiger partial charge in [0, 0.05) is 7.05 Å². The Morgan fingerprint density at radius 1 is 1.29 bits per heavy atom. The lowest BCUT2D eigenvalue weighted by Crippen LogP contribution is -2.31. The molecule has 1 aliphatic heterocycles. The molecule has 0 atom stereocenters. The number of hydrogen-bond donors (Lipinski definition) is 0. The Hall–Kier alpha value is -1.30. The minimum Gasteiger partial charge on any atom is -0.354 e. The quantitative estimate of drug-likeness (QED) is 0.660. The van der Waals surface area contributed by atoms with Crippen LogP contribution in [0.2, 0.25) is 0 Å². The second-order valence-corrected chi connectivity index (χ2v) is 4.38. The summed E-state index contributed by atoms with van der Waals surface area (Å²) in [7, 11) is -2.94. The van der Waals surface area contributed by atoms with Crippen LogP contribution < -0.4 is 9.21 Å². The fourth-order valence-electron chi connectivity index (χ4n) is 1.53. The van der Waals surface area contributed by atoms with Gasteiger partial charge in [-0.25, -0.2) is 4.31 Å². The molecule has 76 valence electrons. The van der Waals surface area contributed by atoms with Gasteiger partial charge in [-0.1, -0.05) is 16.0 Å². The third kappa shape index (κ3) is 1.31. The second kappa shape index (κ2) is 2.84. The molecule has 2 rings (SSSR count). The van der Waals surface area contributed by atoms with Crippen LogP contribution in [-0.4, -0.2) is 22.1 Å². The van der Waals surface area contributed by atoms with E-state index in [-0.39, 0.29) is 6.67 Å². The summed E-state index contributed by atoms with van der Waals surface area (Å²) in [5.41, 5.74) is 1.10. The summed E-state index contributed by atoms with van der Waals surface area (Å²) in [6.07, 6.45) is 0. The van der Waals surface area contributed by atoms with E-state index in [1.54, 1.807) is 36.2 Å². The van der Waals surface area contributed by atoms with Gasteiger partial charge in [0.2, 0.25) is 0 Å². The van der Waals surface area contributed by atoms with Crippen molar-refractivity contribution in [1.82, 2.24) is 0 Å². The Kier molecular flexibility index (Phi) is 1.88. The molecular weight excluding hydrogens is 207 g/mol. The van der Waals surface area contributed by atoms with Crippen molar-refractivity contribution in [3.05, 3.63) is 24.3 Å². The molecule has 0 bridgehead atoms. The number of para-hydroxylation sites is 2. The van der Waals surface area contributed by atoms with E-state index in [0.29, 0.717) is 11.4 Å². The highest BCUT2D eigenvalue weighted by atomic mass is 32.3. The average molecular weight is 216 g/mol. The van der Waals surface area contributed by atoms with Crippen molar-refractivity contribution in [2.45, 2.75) is 0 Å². The topological polar surface area (TPSA) is 40.6 Å². The lowest BCUT2D eigenvalue weighted by molar-refractivity contribution is 0.547. The predicted molar refractivity (Wildman–Crippen MR) is 52.2 cm³/mol. The number of hydrogen-bond acceptors (Lipinski definition) is 3. The first-order valence-electron chi connectivity index (χ1n) is 4.02. The van der Waals surface area contributed by atoms with Crippen molar-refractivity contribution in [3.8, 4) is 0 Å². The van der Waals surface area contributed by atoms with Crippen LogP contribution in [0.4, 0.5) is 15.3 Å². The van der Waals surface area contributed by atoms with E-state index in [9.17, 15) is 12.3 Å². The molecule has 6 heteroatoms. The molecule has 0 aromatic heterocycles. The lowest BCUT2D eigenvalue weighted by atomic mass is 10.3. The number of nitrogens with zero attached hydrogens (tertiary/aromatic N) is 2. The van der Waals surface area contributed by atoms with E-state index < -0.39 is 10.4 Å². The fourth-order valence-corrected chi connectivity index (χ4v) is 2.23. The molecule has 1 aromatic carbocycles. The maximum Gasteiger partial charge on any atom is 0.401 e. The number of halogens is 1. The number of benzene rings is 1. The maximum atomic E-state index is 12.8. The minimum atomic E-state index is -4.66. The molecule has 1 heterocycles. The van der Waals surface area contributed by atoms with E-state index >= 15 is 0 Å². The smallest absolute Gasteiger partial charge is 0.354 e. The molecule has 0 unspecified atom stereocenters. The fraction of sp³-hybridized carbons (Fsp3) is 0.250. The highest BCUT2D eigenvalue weighted by Gasteiger charge is 2.31. The van der Waals surface area contributed by atoms with Gasteiger partial charge in [-0.2, -0.15) is 8.42 Å². The summed E-state index contributed by atoms with van der Waals surface area (Å²) in [6.45, 7) is 0.0260. The van der Waals surface area contributed by atoms with E-state index in [4.69, 9.17) is 0 Å². The van der Waals surface area contributed by atoms with Gasteiger partial charge in [-0.05, 0) is 12.1 Å². The predicted octanol–water partition coefficient (Wildman–Crippen LogP) is 1.11. The van der Waals surface area contributed by atoms with Crippen molar-refractivity contribution >= 4 is 21.8 Å². The summed E-state index contributed by atoms with van der Waals surface area (Å²) in [6, 6.07) is 6.79. The maximum absolute atomic E-state index is 12.8. The summed E-state index contributed by atoms with van der Waals surface area (Å²) in [5.74, 6) is 0. The Labute approximate surface area is 81.9 Å². The monoisotopic (exact) mass is 216 g/mol. The number of fused-ring (bicyclic) bond motifs is 1. The van der Waals surface area contributed by atoms with Crippen molar-refractivity contribution in [2.75, 3.05) is 22.9 Å². The van der Waals surface area contributed by atoms with Gasteiger partial charge in [0.1, 0.15) is 6.67 Å². The normalized spacial score (nSPS) is 15.9. The van der Waals surface area contributed by atoms with E-state index in [2.05, 4.69) is 0 Å². The summed E-state index contributed by atoms with van der Waals surface area (Å²) >= 11 is 0. The minimum absolute atomic E-state index is 0.0260. The van der Waals surface area contributed by atoms with E-state index in [1.807, 2.05) is 0 Å². The third-order valence-electron chi connectivity index (χ3n) is 2.17. The van der Waals surface area contributed by atoms with Gasteiger partial charge in [0.05, 0.1) is 11.4 Å². The highest BCUT2D eigenvalue weighted by molar-refractivity contribution is 7.87. The molecule has 1 aliphatic rings. The first-order chi connectivity index (χ1) is 6.50. The van der Waals surface area contributed by atoms with Crippen LogP contribution in [0.15, 0.2) is 24.3 Å². The third-order valence-corrected chi connectivity index (χ3v) is 3.00. The van der Waals surface area contributed by atoms with Gasteiger partial charge in [0.15, 0.2) is 0 Å². The zero-order valence-corrected chi connectivity index (χ0v) is 8.33. The molecule has 0 radical (unpaired) electrons. The molecule has 0 amide bonds. The van der Waals surface area contributed by atoms with Crippen molar-refractivity contribution < 1.29 is 12.3 Å². The van der Waals surface area contributed by atoms with E-state index in [1.165, 1.54) is 0 Å². The second-order valence-electron chi connectivity index (χ2n) is 3.12. The Morgan fingerprint density at radius 2 is 1.86 bits per heavy atom. The van der Waals surface area contributed by atoms with Gasteiger partial charge >= 0.3 is 10.4 Å². The molecule has 4 nitrogen and oxygen atoms in total. The lowest BCUT2D eigenvalue weighted by Gasteiger charge is -2.12. The Balaban J connectivity index is 2.55. The van der Waals surface area contributed by atoms with Gasteiger partial charge in [0.25, 0.3) is 0 Å².